The molecule has 1 aromatic carbocycles. The van der Waals surface area contributed by atoms with Crippen molar-refractivity contribution in [2.45, 2.75) is 52.0 Å². The van der Waals surface area contributed by atoms with Gasteiger partial charge in [0.05, 0.1) is 5.69 Å². The maximum atomic E-state index is 13.9. The van der Waals surface area contributed by atoms with E-state index in [1.165, 1.54) is 25.3 Å². The van der Waals surface area contributed by atoms with Crippen LogP contribution in [-0.2, 0) is 14.3 Å². The number of hydrogen-bond donors (Lipinski definition) is 1. The topological polar surface area (TPSA) is 61.9 Å². The summed E-state index contributed by atoms with van der Waals surface area (Å²) < 4.78 is 19.2. The molecule has 2 rings (SSSR count). The SMILES string of the molecule is CCCCCCC(C)NC(=O)COCC(=O)N1CCN(c2ccccc2F)CC1. The van der Waals surface area contributed by atoms with Gasteiger partial charge in [-0.1, -0.05) is 44.7 Å². The Morgan fingerprint density at radius 2 is 1.83 bits per heavy atom. The number of anilines is 1. The lowest BCUT2D eigenvalue weighted by molar-refractivity contribution is -0.138. The lowest BCUT2D eigenvalue weighted by atomic mass is 10.1. The van der Waals surface area contributed by atoms with Crippen LogP contribution in [0.15, 0.2) is 24.3 Å². The van der Waals surface area contributed by atoms with Crippen LogP contribution < -0.4 is 10.2 Å². The maximum Gasteiger partial charge on any atom is 0.248 e. The number of amides is 2. The highest BCUT2D eigenvalue weighted by Crippen LogP contribution is 2.20. The maximum absolute atomic E-state index is 13.9. The molecular formula is C22H34FN3O3. The highest BCUT2D eigenvalue weighted by Gasteiger charge is 2.22. The summed E-state index contributed by atoms with van der Waals surface area (Å²) in [5, 5.41) is 2.91. The van der Waals surface area contributed by atoms with E-state index in [9.17, 15) is 14.0 Å². The first-order valence-corrected chi connectivity index (χ1v) is 10.7. The lowest BCUT2D eigenvalue weighted by Gasteiger charge is -2.36. The Kier molecular flexibility index (Phi) is 9.91. The Morgan fingerprint density at radius 3 is 2.52 bits per heavy atom. The molecular weight excluding hydrogens is 373 g/mol. The van der Waals surface area contributed by atoms with E-state index in [1.807, 2.05) is 11.8 Å². The van der Waals surface area contributed by atoms with Gasteiger partial charge in [-0.05, 0) is 25.5 Å². The molecule has 1 aliphatic rings. The number of hydrogen-bond acceptors (Lipinski definition) is 4. The summed E-state index contributed by atoms with van der Waals surface area (Å²) in [5.74, 6) is -0.579. The van der Waals surface area contributed by atoms with Crippen LogP contribution in [0.4, 0.5) is 10.1 Å². The smallest absolute Gasteiger partial charge is 0.248 e. The second-order valence-corrected chi connectivity index (χ2v) is 7.63. The van der Waals surface area contributed by atoms with Crippen LogP contribution in [0, 0.1) is 5.82 Å². The molecule has 0 saturated carbocycles. The van der Waals surface area contributed by atoms with Crippen molar-refractivity contribution in [3.05, 3.63) is 30.1 Å². The van der Waals surface area contributed by atoms with Crippen molar-refractivity contribution < 1.29 is 18.7 Å². The predicted molar refractivity (Wildman–Crippen MR) is 112 cm³/mol. The number of benzene rings is 1. The van der Waals surface area contributed by atoms with E-state index < -0.39 is 0 Å². The van der Waals surface area contributed by atoms with Gasteiger partial charge in [-0.2, -0.15) is 0 Å². The van der Waals surface area contributed by atoms with Crippen molar-refractivity contribution in [1.82, 2.24) is 10.2 Å². The van der Waals surface area contributed by atoms with Gasteiger partial charge in [-0.3, -0.25) is 9.59 Å². The molecule has 7 heteroatoms. The fourth-order valence-corrected chi connectivity index (χ4v) is 3.49. The van der Waals surface area contributed by atoms with Crippen LogP contribution >= 0.6 is 0 Å². The third-order valence-electron chi connectivity index (χ3n) is 5.18. The Hall–Kier alpha value is -2.15. The summed E-state index contributed by atoms with van der Waals surface area (Å²) in [4.78, 5) is 27.9. The number of rotatable bonds is 11. The minimum Gasteiger partial charge on any atom is -0.366 e. The number of nitrogens with zero attached hydrogens (tertiary/aromatic N) is 2. The number of piperazine rings is 1. The average Bonchev–Trinajstić information content (AvgIpc) is 2.71. The van der Waals surface area contributed by atoms with Crippen LogP contribution in [0.2, 0.25) is 0 Å². The van der Waals surface area contributed by atoms with Crippen molar-refractivity contribution in [2.24, 2.45) is 0 Å². The third kappa shape index (κ3) is 8.01. The molecule has 6 nitrogen and oxygen atoms in total. The Bertz CT molecular complexity index is 648. The van der Waals surface area contributed by atoms with Gasteiger partial charge < -0.3 is 19.9 Å². The largest absolute Gasteiger partial charge is 0.366 e. The minimum absolute atomic E-state index is 0.111. The van der Waals surface area contributed by atoms with Crippen LogP contribution in [0.25, 0.3) is 0 Å². The molecule has 1 aromatic rings. The minimum atomic E-state index is -0.249. The molecule has 162 valence electrons. The fourth-order valence-electron chi connectivity index (χ4n) is 3.49. The van der Waals surface area contributed by atoms with Gasteiger partial charge in [-0.15, -0.1) is 0 Å². The zero-order valence-electron chi connectivity index (χ0n) is 17.7. The Morgan fingerprint density at radius 1 is 1.10 bits per heavy atom. The quantitative estimate of drug-likeness (QED) is 0.573. The molecule has 2 amide bonds. The predicted octanol–water partition coefficient (Wildman–Crippen LogP) is 2.97. The lowest BCUT2D eigenvalue weighted by Crippen LogP contribution is -2.50. The van der Waals surface area contributed by atoms with Crippen LogP contribution in [0.1, 0.15) is 46.0 Å². The van der Waals surface area contributed by atoms with Gasteiger partial charge in [0.15, 0.2) is 0 Å². The van der Waals surface area contributed by atoms with Gasteiger partial charge in [0.25, 0.3) is 0 Å². The molecule has 0 aromatic heterocycles. The third-order valence-corrected chi connectivity index (χ3v) is 5.18. The van der Waals surface area contributed by atoms with Crippen molar-refractivity contribution in [2.75, 3.05) is 44.3 Å². The highest BCUT2D eigenvalue weighted by atomic mass is 19.1. The summed E-state index contributed by atoms with van der Waals surface area (Å²) in [6, 6.07) is 6.78. The average molecular weight is 408 g/mol. The van der Waals surface area contributed by atoms with E-state index in [2.05, 4.69) is 12.2 Å². The molecule has 1 unspecified atom stereocenters. The van der Waals surface area contributed by atoms with Crippen molar-refractivity contribution in [3.8, 4) is 0 Å². The number of halogens is 1. The normalized spacial score (nSPS) is 15.3. The molecule has 1 N–H and O–H groups in total. The zero-order chi connectivity index (χ0) is 21.1. The van der Waals surface area contributed by atoms with Crippen molar-refractivity contribution in [3.63, 3.8) is 0 Å². The monoisotopic (exact) mass is 407 g/mol. The van der Waals surface area contributed by atoms with E-state index in [0.717, 1.165) is 12.8 Å². The number of ether oxygens (including phenoxy) is 1. The summed E-state index contributed by atoms with van der Waals surface area (Å²) in [5.41, 5.74) is 0.566. The van der Waals surface area contributed by atoms with Crippen molar-refractivity contribution >= 4 is 17.5 Å². The molecule has 1 aliphatic heterocycles. The van der Waals surface area contributed by atoms with Crippen molar-refractivity contribution in [1.29, 1.82) is 0 Å². The molecule has 1 fully saturated rings. The number of carbonyl (C=O) groups is 2. The van der Waals surface area contributed by atoms with E-state index in [0.29, 0.717) is 31.9 Å². The standard InChI is InChI=1S/C22H34FN3O3/c1-3-4-5-6-9-18(2)24-21(27)16-29-17-22(28)26-14-12-25(13-15-26)20-11-8-7-10-19(20)23/h7-8,10-11,18H,3-6,9,12-17H2,1-2H3,(H,24,27). The number of para-hydroxylation sites is 1. The molecule has 0 radical (unpaired) electrons. The van der Waals surface area contributed by atoms with E-state index in [4.69, 9.17) is 4.74 Å². The number of unbranched alkanes of at least 4 members (excludes halogenated alkanes) is 3. The molecule has 0 bridgehead atoms. The first kappa shape index (κ1) is 23.1. The van der Waals surface area contributed by atoms with Gasteiger partial charge in [-0.25, -0.2) is 4.39 Å². The van der Waals surface area contributed by atoms with E-state index in [-0.39, 0.29) is 36.9 Å². The number of carbonyl (C=O) groups excluding carboxylic acids is 2. The fraction of sp³-hybridized carbons (Fsp3) is 0.636. The zero-order valence-corrected chi connectivity index (χ0v) is 17.7. The van der Waals surface area contributed by atoms with Gasteiger partial charge in [0.2, 0.25) is 11.8 Å². The van der Waals surface area contributed by atoms with Gasteiger partial charge in [0, 0.05) is 32.2 Å². The van der Waals surface area contributed by atoms with E-state index >= 15 is 0 Å². The molecule has 29 heavy (non-hydrogen) atoms. The molecule has 1 saturated heterocycles. The Balaban J connectivity index is 1.61. The van der Waals surface area contributed by atoms with Gasteiger partial charge in [0.1, 0.15) is 19.0 Å². The van der Waals surface area contributed by atoms with Crippen LogP contribution in [-0.4, -0.2) is 62.1 Å². The molecule has 0 spiro atoms. The second kappa shape index (κ2) is 12.4. The van der Waals surface area contributed by atoms with Crippen LogP contribution in [0.5, 0.6) is 0 Å². The summed E-state index contributed by atoms with van der Waals surface area (Å²) >= 11 is 0. The number of nitrogens with one attached hydrogen (secondary N) is 1. The first-order chi connectivity index (χ1) is 14.0. The molecule has 1 atom stereocenters. The first-order valence-electron chi connectivity index (χ1n) is 10.7. The summed E-state index contributed by atoms with van der Waals surface area (Å²) in [7, 11) is 0. The second-order valence-electron chi connectivity index (χ2n) is 7.63. The van der Waals surface area contributed by atoms with Gasteiger partial charge >= 0.3 is 0 Å². The molecule has 0 aliphatic carbocycles. The summed E-state index contributed by atoms with van der Waals surface area (Å²) in [6.07, 6.45) is 5.66. The highest BCUT2D eigenvalue weighted by molar-refractivity contribution is 5.80. The molecule has 1 heterocycles. The Labute approximate surface area is 173 Å². The van der Waals surface area contributed by atoms with E-state index in [1.54, 1.807) is 23.1 Å². The summed E-state index contributed by atoms with van der Waals surface area (Å²) in [6.45, 7) is 6.11. The van der Waals surface area contributed by atoms with Crippen LogP contribution in [0.3, 0.4) is 0 Å².